The summed E-state index contributed by atoms with van der Waals surface area (Å²) >= 11 is 0. The van der Waals surface area contributed by atoms with Gasteiger partial charge in [0.15, 0.2) is 0 Å². The van der Waals surface area contributed by atoms with Crippen molar-refractivity contribution in [2.75, 3.05) is 13.2 Å². The Bertz CT molecular complexity index is 583. The van der Waals surface area contributed by atoms with Crippen LogP contribution < -0.4 is 5.32 Å². The summed E-state index contributed by atoms with van der Waals surface area (Å²) in [7, 11) is 0. The average Bonchev–Trinajstić information content (AvgIpc) is 3.51. The second-order valence-electron chi connectivity index (χ2n) is 7.67. The van der Waals surface area contributed by atoms with Gasteiger partial charge in [-0.15, -0.1) is 0 Å². The van der Waals surface area contributed by atoms with E-state index in [1.54, 1.807) is 0 Å². The molecular formula is C20H28N2O2. The normalized spacial score (nSPS) is 22.5. The lowest BCUT2D eigenvalue weighted by Crippen LogP contribution is -2.48. The monoisotopic (exact) mass is 328 g/mol. The first-order valence-electron chi connectivity index (χ1n) is 9.53. The van der Waals surface area contributed by atoms with Crippen LogP contribution in [0.3, 0.4) is 0 Å². The van der Waals surface area contributed by atoms with Crippen molar-refractivity contribution in [3.05, 3.63) is 35.4 Å². The Morgan fingerprint density at radius 1 is 1.17 bits per heavy atom. The lowest BCUT2D eigenvalue weighted by atomic mass is 10.1. The van der Waals surface area contributed by atoms with E-state index in [-0.39, 0.29) is 18.7 Å². The molecule has 0 saturated heterocycles. The molecule has 0 aromatic heterocycles. The summed E-state index contributed by atoms with van der Waals surface area (Å²) in [5, 5.41) is 12.6. The first-order chi connectivity index (χ1) is 11.8. The summed E-state index contributed by atoms with van der Waals surface area (Å²) in [6.45, 7) is 0.760. The van der Waals surface area contributed by atoms with Gasteiger partial charge in [-0.3, -0.25) is 0 Å². The molecule has 1 aromatic rings. The maximum absolute atomic E-state index is 13.1. The Kier molecular flexibility index (Phi) is 4.49. The van der Waals surface area contributed by atoms with Crippen LogP contribution in [0.25, 0.3) is 0 Å². The summed E-state index contributed by atoms with van der Waals surface area (Å²) in [6, 6.07) is 9.10. The quantitative estimate of drug-likeness (QED) is 0.807. The number of rotatable bonds is 7. The van der Waals surface area contributed by atoms with E-state index in [0.717, 1.165) is 12.8 Å². The van der Waals surface area contributed by atoms with Crippen molar-refractivity contribution in [3.63, 3.8) is 0 Å². The fourth-order valence-corrected chi connectivity index (χ4v) is 4.26. The predicted octanol–water partition coefficient (Wildman–Crippen LogP) is 3.26. The minimum absolute atomic E-state index is 0.0777. The van der Waals surface area contributed by atoms with Crippen molar-refractivity contribution in [3.8, 4) is 0 Å². The van der Waals surface area contributed by atoms with Crippen LogP contribution in [0.4, 0.5) is 4.79 Å². The van der Waals surface area contributed by atoms with Crippen LogP contribution in [-0.4, -0.2) is 35.2 Å². The van der Waals surface area contributed by atoms with Crippen molar-refractivity contribution in [2.45, 2.75) is 57.0 Å². The smallest absolute Gasteiger partial charge is 0.318 e. The zero-order valence-electron chi connectivity index (χ0n) is 14.3. The van der Waals surface area contributed by atoms with Crippen molar-refractivity contribution >= 4 is 6.03 Å². The molecule has 4 heteroatoms. The molecule has 0 bridgehead atoms. The Labute approximate surface area is 144 Å². The van der Waals surface area contributed by atoms with Crippen LogP contribution in [0.5, 0.6) is 0 Å². The zero-order chi connectivity index (χ0) is 16.5. The number of carbonyl (C=O) groups excluding carboxylic acids is 1. The Morgan fingerprint density at radius 3 is 2.54 bits per heavy atom. The van der Waals surface area contributed by atoms with E-state index in [9.17, 15) is 9.90 Å². The molecule has 0 heterocycles. The number of fused-ring (bicyclic) bond motifs is 1. The number of aliphatic hydroxyl groups excluding tert-OH is 1. The Hall–Kier alpha value is -1.55. The molecular weight excluding hydrogens is 300 g/mol. The molecule has 0 aliphatic heterocycles. The van der Waals surface area contributed by atoms with Gasteiger partial charge in [-0.25, -0.2) is 4.79 Å². The third-order valence-electron chi connectivity index (χ3n) is 5.85. The molecule has 1 unspecified atom stereocenters. The molecule has 24 heavy (non-hydrogen) atoms. The standard InChI is InChI=1S/C20H28N2O2/c23-13-3-12-22(18-11-10-14-4-1-2-5-17(14)18)20(24)21-19(15-6-7-15)16-8-9-16/h1-2,4-5,15-16,18-19,23H,3,6-13H2,(H,21,24). The summed E-state index contributed by atoms with van der Waals surface area (Å²) < 4.78 is 0. The summed E-state index contributed by atoms with van der Waals surface area (Å²) in [5.74, 6) is 1.41. The van der Waals surface area contributed by atoms with E-state index in [1.165, 1.54) is 36.8 Å². The minimum atomic E-state index is 0.0777. The van der Waals surface area contributed by atoms with Gasteiger partial charge >= 0.3 is 6.03 Å². The highest BCUT2D eigenvalue weighted by Crippen LogP contribution is 2.45. The number of amides is 2. The molecule has 1 atom stereocenters. The lowest BCUT2D eigenvalue weighted by Gasteiger charge is -2.32. The number of hydrogen-bond acceptors (Lipinski definition) is 2. The minimum Gasteiger partial charge on any atom is -0.396 e. The van der Waals surface area contributed by atoms with E-state index in [4.69, 9.17) is 0 Å². The first-order valence-corrected chi connectivity index (χ1v) is 9.53. The average molecular weight is 328 g/mol. The van der Waals surface area contributed by atoms with Gasteiger partial charge in [0.1, 0.15) is 0 Å². The van der Waals surface area contributed by atoms with E-state index >= 15 is 0 Å². The molecule has 4 nitrogen and oxygen atoms in total. The van der Waals surface area contributed by atoms with Crippen molar-refractivity contribution in [2.24, 2.45) is 11.8 Å². The summed E-state index contributed by atoms with van der Waals surface area (Å²) in [6.07, 6.45) is 7.75. The third-order valence-corrected chi connectivity index (χ3v) is 5.85. The number of carbonyl (C=O) groups is 1. The lowest BCUT2D eigenvalue weighted by molar-refractivity contribution is 0.159. The molecule has 3 aliphatic carbocycles. The number of nitrogens with one attached hydrogen (secondary N) is 1. The molecule has 3 aliphatic rings. The second-order valence-corrected chi connectivity index (χ2v) is 7.67. The van der Waals surface area contributed by atoms with Gasteiger partial charge in [-0.05, 0) is 67.9 Å². The number of benzene rings is 1. The number of hydrogen-bond donors (Lipinski definition) is 2. The van der Waals surface area contributed by atoms with E-state index in [1.807, 2.05) is 4.90 Å². The first kappa shape index (κ1) is 15.9. The van der Waals surface area contributed by atoms with Crippen LogP contribution in [0, 0.1) is 11.8 Å². The van der Waals surface area contributed by atoms with Crippen LogP contribution in [0.1, 0.15) is 55.7 Å². The predicted molar refractivity (Wildman–Crippen MR) is 93.7 cm³/mol. The molecule has 2 saturated carbocycles. The third kappa shape index (κ3) is 3.30. The molecule has 2 amide bonds. The van der Waals surface area contributed by atoms with Crippen LogP contribution in [-0.2, 0) is 6.42 Å². The number of nitrogens with zero attached hydrogens (tertiary/aromatic N) is 1. The topological polar surface area (TPSA) is 52.6 Å². The van der Waals surface area contributed by atoms with Crippen LogP contribution in [0.15, 0.2) is 24.3 Å². The Balaban J connectivity index is 1.49. The zero-order valence-corrected chi connectivity index (χ0v) is 14.3. The fraction of sp³-hybridized carbons (Fsp3) is 0.650. The highest BCUT2D eigenvalue weighted by molar-refractivity contribution is 5.75. The largest absolute Gasteiger partial charge is 0.396 e. The summed E-state index contributed by atoms with van der Waals surface area (Å²) in [5.41, 5.74) is 2.66. The van der Waals surface area contributed by atoms with E-state index < -0.39 is 0 Å². The fourth-order valence-electron chi connectivity index (χ4n) is 4.26. The van der Waals surface area contributed by atoms with Crippen molar-refractivity contribution in [1.82, 2.24) is 10.2 Å². The van der Waals surface area contributed by atoms with Gasteiger partial charge in [0.2, 0.25) is 0 Å². The van der Waals surface area contributed by atoms with Gasteiger partial charge < -0.3 is 15.3 Å². The van der Waals surface area contributed by atoms with Crippen molar-refractivity contribution in [1.29, 1.82) is 0 Å². The molecule has 0 radical (unpaired) electrons. The van der Waals surface area contributed by atoms with Crippen molar-refractivity contribution < 1.29 is 9.90 Å². The SMILES string of the molecule is O=C(NC(C1CC1)C1CC1)N(CCCO)C1CCc2ccccc21. The Morgan fingerprint density at radius 2 is 1.88 bits per heavy atom. The molecule has 2 N–H and O–H groups in total. The van der Waals surface area contributed by atoms with Gasteiger partial charge in [-0.1, -0.05) is 24.3 Å². The van der Waals surface area contributed by atoms with Gasteiger partial charge in [0.05, 0.1) is 6.04 Å². The molecule has 4 rings (SSSR count). The van der Waals surface area contributed by atoms with Crippen LogP contribution in [0.2, 0.25) is 0 Å². The highest BCUT2D eigenvalue weighted by atomic mass is 16.3. The van der Waals surface area contributed by atoms with Gasteiger partial charge in [-0.2, -0.15) is 0 Å². The second kappa shape index (κ2) is 6.75. The number of urea groups is 1. The van der Waals surface area contributed by atoms with Gasteiger partial charge in [0, 0.05) is 19.2 Å². The molecule has 0 spiro atoms. The van der Waals surface area contributed by atoms with E-state index in [2.05, 4.69) is 29.6 Å². The maximum atomic E-state index is 13.1. The molecule has 130 valence electrons. The maximum Gasteiger partial charge on any atom is 0.318 e. The van der Waals surface area contributed by atoms with Crippen LogP contribution >= 0.6 is 0 Å². The number of aliphatic hydroxyl groups is 1. The van der Waals surface area contributed by atoms with Gasteiger partial charge in [0.25, 0.3) is 0 Å². The van der Waals surface area contributed by atoms with E-state index in [0.29, 0.717) is 30.8 Å². The molecule has 1 aromatic carbocycles. The molecule has 2 fully saturated rings. The highest BCUT2D eigenvalue weighted by Gasteiger charge is 2.43. The summed E-state index contributed by atoms with van der Waals surface area (Å²) in [4.78, 5) is 15.0. The number of aryl methyl sites for hydroxylation is 1.